The standard InChI is InChI=1S/C19H22N2O4S/c1-3-13-6-8-14(9-7-13)15-11-26-19(20-15)21-17(22)12(2)25-18(23)16-5-4-10-24-16/h6-9,11-12,16H,3-5,10H2,1-2H3,(H,20,21,22)/t12-,16+/m1/s1. The minimum Gasteiger partial charge on any atom is -0.451 e. The normalized spacial score (nSPS) is 17.7. The zero-order chi connectivity index (χ0) is 18.5. The third-order valence-electron chi connectivity index (χ3n) is 4.25. The van der Waals surface area contributed by atoms with Gasteiger partial charge >= 0.3 is 5.97 Å². The van der Waals surface area contributed by atoms with Gasteiger partial charge in [0.15, 0.2) is 17.3 Å². The number of hydrogen-bond acceptors (Lipinski definition) is 6. The molecule has 2 heterocycles. The smallest absolute Gasteiger partial charge is 0.336 e. The Morgan fingerprint density at radius 2 is 2.15 bits per heavy atom. The molecule has 138 valence electrons. The highest BCUT2D eigenvalue weighted by Crippen LogP contribution is 2.25. The number of nitrogens with zero attached hydrogens (tertiary/aromatic N) is 1. The summed E-state index contributed by atoms with van der Waals surface area (Å²) in [6.07, 6.45) is 1.01. The molecule has 1 aliphatic heterocycles. The molecule has 2 aromatic rings. The fourth-order valence-electron chi connectivity index (χ4n) is 2.65. The molecule has 1 N–H and O–H groups in total. The second kappa shape index (κ2) is 8.42. The Bertz CT molecular complexity index is 766. The van der Waals surface area contributed by atoms with E-state index >= 15 is 0 Å². The Hall–Kier alpha value is -2.25. The lowest BCUT2D eigenvalue weighted by Crippen LogP contribution is -2.33. The van der Waals surface area contributed by atoms with E-state index < -0.39 is 24.1 Å². The molecule has 2 atom stereocenters. The fourth-order valence-corrected chi connectivity index (χ4v) is 3.37. The van der Waals surface area contributed by atoms with E-state index in [2.05, 4.69) is 29.4 Å². The van der Waals surface area contributed by atoms with Gasteiger partial charge in [0.05, 0.1) is 5.69 Å². The van der Waals surface area contributed by atoms with Crippen molar-refractivity contribution in [3.05, 3.63) is 35.2 Å². The number of aryl methyl sites for hydroxylation is 1. The lowest BCUT2D eigenvalue weighted by molar-refractivity contribution is -0.162. The van der Waals surface area contributed by atoms with E-state index in [4.69, 9.17) is 9.47 Å². The van der Waals surface area contributed by atoms with Crippen LogP contribution in [0.2, 0.25) is 0 Å². The second-order valence-corrected chi connectivity index (χ2v) is 7.02. The van der Waals surface area contributed by atoms with E-state index in [1.807, 2.05) is 17.5 Å². The minimum atomic E-state index is -0.900. The molecule has 3 rings (SSSR count). The highest BCUT2D eigenvalue weighted by Gasteiger charge is 2.28. The molecule has 7 heteroatoms. The summed E-state index contributed by atoms with van der Waals surface area (Å²) in [4.78, 5) is 28.6. The number of anilines is 1. The predicted molar refractivity (Wildman–Crippen MR) is 100 cm³/mol. The van der Waals surface area contributed by atoms with Gasteiger partial charge in [0.2, 0.25) is 0 Å². The summed E-state index contributed by atoms with van der Waals surface area (Å²) in [5.74, 6) is -0.889. The van der Waals surface area contributed by atoms with Crippen molar-refractivity contribution in [2.24, 2.45) is 0 Å². The van der Waals surface area contributed by atoms with Crippen LogP contribution in [0.3, 0.4) is 0 Å². The summed E-state index contributed by atoms with van der Waals surface area (Å²) >= 11 is 1.34. The van der Waals surface area contributed by atoms with Gasteiger partial charge in [0.25, 0.3) is 5.91 Å². The fraction of sp³-hybridized carbons (Fsp3) is 0.421. The first-order valence-electron chi connectivity index (χ1n) is 8.74. The zero-order valence-electron chi connectivity index (χ0n) is 14.9. The van der Waals surface area contributed by atoms with Crippen molar-refractivity contribution in [1.29, 1.82) is 0 Å². The van der Waals surface area contributed by atoms with Gasteiger partial charge in [-0.25, -0.2) is 9.78 Å². The minimum absolute atomic E-state index is 0.404. The van der Waals surface area contributed by atoms with Gasteiger partial charge in [-0.3, -0.25) is 10.1 Å². The van der Waals surface area contributed by atoms with Crippen molar-refractivity contribution in [1.82, 2.24) is 4.98 Å². The number of carbonyl (C=O) groups is 2. The first kappa shape index (κ1) is 18.5. The molecule has 0 radical (unpaired) electrons. The average Bonchev–Trinajstić information content (AvgIpc) is 3.34. The van der Waals surface area contributed by atoms with Gasteiger partial charge in [0.1, 0.15) is 0 Å². The topological polar surface area (TPSA) is 77.5 Å². The van der Waals surface area contributed by atoms with Gasteiger partial charge in [-0.1, -0.05) is 31.2 Å². The molecule has 0 bridgehead atoms. The quantitative estimate of drug-likeness (QED) is 0.784. The van der Waals surface area contributed by atoms with Crippen LogP contribution in [0.5, 0.6) is 0 Å². The zero-order valence-corrected chi connectivity index (χ0v) is 15.7. The van der Waals surface area contributed by atoms with Crippen LogP contribution in [0, 0.1) is 0 Å². The molecule has 0 unspecified atom stereocenters. The van der Waals surface area contributed by atoms with Crippen molar-refractivity contribution in [3.8, 4) is 11.3 Å². The van der Waals surface area contributed by atoms with Crippen LogP contribution in [0.15, 0.2) is 29.6 Å². The van der Waals surface area contributed by atoms with E-state index in [0.717, 1.165) is 24.1 Å². The average molecular weight is 374 g/mol. The largest absolute Gasteiger partial charge is 0.451 e. The number of hydrogen-bond donors (Lipinski definition) is 1. The highest BCUT2D eigenvalue weighted by molar-refractivity contribution is 7.14. The van der Waals surface area contributed by atoms with Crippen LogP contribution >= 0.6 is 11.3 Å². The van der Waals surface area contributed by atoms with E-state index in [9.17, 15) is 9.59 Å². The molecule has 0 aliphatic carbocycles. The van der Waals surface area contributed by atoms with Gasteiger partial charge in [0, 0.05) is 17.6 Å². The molecule has 26 heavy (non-hydrogen) atoms. The Balaban J connectivity index is 1.57. The third kappa shape index (κ3) is 4.47. The molecule has 0 saturated carbocycles. The molecule has 1 aromatic carbocycles. The summed E-state index contributed by atoms with van der Waals surface area (Å²) in [6, 6.07) is 8.18. The number of nitrogens with one attached hydrogen (secondary N) is 1. The molecule has 1 saturated heterocycles. The molecule has 0 spiro atoms. The van der Waals surface area contributed by atoms with Gasteiger partial charge in [-0.15, -0.1) is 11.3 Å². The summed E-state index contributed by atoms with van der Waals surface area (Å²) in [7, 11) is 0. The summed E-state index contributed by atoms with van der Waals surface area (Å²) < 4.78 is 10.5. The van der Waals surface area contributed by atoms with Crippen LogP contribution in [0.25, 0.3) is 11.3 Å². The Morgan fingerprint density at radius 3 is 2.81 bits per heavy atom. The van der Waals surface area contributed by atoms with Gasteiger partial charge in [-0.05, 0) is 31.7 Å². The second-order valence-electron chi connectivity index (χ2n) is 6.16. The van der Waals surface area contributed by atoms with Crippen molar-refractivity contribution in [2.45, 2.75) is 45.3 Å². The molecule has 1 amide bonds. The van der Waals surface area contributed by atoms with E-state index in [1.165, 1.54) is 16.9 Å². The predicted octanol–water partition coefficient (Wildman–Crippen LogP) is 3.42. The number of ether oxygens (including phenoxy) is 2. The number of esters is 1. The van der Waals surface area contributed by atoms with Gasteiger partial charge in [-0.2, -0.15) is 0 Å². The molecule has 1 aliphatic rings. The number of carbonyl (C=O) groups excluding carboxylic acids is 2. The van der Waals surface area contributed by atoms with Crippen molar-refractivity contribution in [3.63, 3.8) is 0 Å². The van der Waals surface area contributed by atoms with Crippen LogP contribution in [0.4, 0.5) is 5.13 Å². The molecular formula is C19H22N2O4S. The van der Waals surface area contributed by atoms with Crippen molar-refractivity contribution < 1.29 is 19.1 Å². The first-order chi connectivity index (χ1) is 12.6. The van der Waals surface area contributed by atoms with E-state index in [1.54, 1.807) is 6.92 Å². The highest BCUT2D eigenvalue weighted by atomic mass is 32.1. The van der Waals surface area contributed by atoms with Crippen LogP contribution < -0.4 is 5.32 Å². The maximum Gasteiger partial charge on any atom is 0.336 e. The van der Waals surface area contributed by atoms with Crippen molar-refractivity contribution in [2.75, 3.05) is 11.9 Å². The lowest BCUT2D eigenvalue weighted by atomic mass is 10.1. The summed E-state index contributed by atoms with van der Waals surface area (Å²) in [5.41, 5.74) is 3.06. The molecular weight excluding hydrogens is 352 g/mol. The number of rotatable bonds is 6. The van der Waals surface area contributed by atoms with Crippen LogP contribution in [-0.4, -0.2) is 35.7 Å². The van der Waals surface area contributed by atoms with Crippen LogP contribution in [0.1, 0.15) is 32.3 Å². The van der Waals surface area contributed by atoms with Gasteiger partial charge < -0.3 is 9.47 Å². The number of thiazole rings is 1. The Kier molecular flexibility index (Phi) is 6.00. The number of aromatic nitrogens is 1. The SMILES string of the molecule is CCc1ccc(-c2csc(NC(=O)[C@@H](C)OC(=O)[C@@H]3CCCO3)n2)cc1. The number of benzene rings is 1. The monoisotopic (exact) mass is 374 g/mol. The van der Waals surface area contributed by atoms with Crippen LogP contribution in [-0.2, 0) is 25.5 Å². The number of amides is 1. The summed E-state index contributed by atoms with van der Waals surface area (Å²) in [6.45, 7) is 4.21. The van der Waals surface area contributed by atoms with E-state index in [-0.39, 0.29) is 0 Å². The molecule has 6 nitrogen and oxygen atoms in total. The maximum atomic E-state index is 12.2. The van der Waals surface area contributed by atoms with E-state index in [0.29, 0.717) is 18.2 Å². The first-order valence-corrected chi connectivity index (χ1v) is 9.62. The third-order valence-corrected chi connectivity index (χ3v) is 5.00. The lowest BCUT2D eigenvalue weighted by Gasteiger charge is -2.15. The molecule has 1 fully saturated rings. The van der Waals surface area contributed by atoms with Crippen molar-refractivity contribution >= 4 is 28.3 Å². The summed E-state index contributed by atoms with van der Waals surface area (Å²) in [5, 5.41) is 5.07. The maximum absolute atomic E-state index is 12.2. The Morgan fingerprint density at radius 1 is 1.38 bits per heavy atom. The Labute approximate surface area is 156 Å². The molecule has 1 aromatic heterocycles.